The van der Waals surface area contributed by atoms with Gasteiger partial charge in [-0.1, -0.05) is 11.6 Å². The molecule has 0 aliphatic carbocycles. The number of aromatic amines is 2. The van der Waals surface area contributed by atoms with Crippen LogP contribution in [0.2, 0.25) is 5.02 Å². The van der Waals surface area contributed by atoms with Crippen molar-refractivity contribution in [2.45, 2.75) is 13.0 Å². The van der Waals surface area contributed by atoms with Crippen LogP contribution in [-0.4, -0.2) is 27.0 Å². The van der Waals surface area contributed by atoms with Gasteiger partial charge in [0.1, 0.15) is 23.9 Å². The highest BCUT2D eigenvalue weighted by atomic mass is 35.5. The Morgan fingerprint density at radius 1 is 1.10 bits per heavy atom. The lowest BCUT2D eigenvalue weighted by Gasteiger charge is -2.12. The summed E-state index contributed by atoms with van der Waals surface area (Å²) in [5.41, 5.74) is 3.83. The van der Waals surface area contributed by atoms with E-state index in [1.54, 1.807) is 24.4 Å². The first-order valence-corrected chi connectivity index (χ1v) is 10.0. The molecule has 0 unspecified atom stereocenters. The fourth-order valence-corrected chi connectivity index (χ4v) is 3.77. The number of nitrogens with one attached hydrogen (secondary N) is 2. The van der Waals surface area contributed by atoms with Crippen LogP contribution in [0.3, 0.4) is 0 Å². The smallest absolute Gasteiger partial charge is 0.164 e. The lowest BCUT2D eigenvalue weighted by molar-refractivity contribution is 0.275. The van der Waals surface area contributed by atoms with Gasteiger partial charge in [0.25, 0.3) is 0 Å². The number of hydrogen-bond donors (Lipinski definition) is 2. The summed E-state index contributed by atoms with van der Waals surface area (Å²) in [5.74, 6) is 0.997. The SMILES string of the molecule is COc1cc(Cc2c[nH]c3ncccc23)c(F)cc1OCc1nc2ccc(Cl)cc2[nH]1. The minimum absolute atomic E-state index is 0.134. The van der Waals surface area contributed by atoms with Gasteiger partial charge >= 0.3 is 0 Å². The highest BCUT2D eigenvalue weighted by Gasteiger charge is 2.15. The monoisotopic (exact) mass is 436 g/mol. The molecular weight excluding hydrogens is 419 g/mol. The molecule has 0 saturated carbocycles. The van der Waals surface area contributed by atoms with Gasteiger partial charge in [0.05, 0.1) is 18.1 Å². The lowest BCUT2D eigenvalue weighted by atomic mass is 10.0. The van der Waals surface area contributed by atoms with E-state index in [0.29, 0.717) is 34.3 Å². The number of imidazole rings is 1. The minimum atomic E-state index is -0.370. The van der Waals surface area contributed by atoms with Crippen LogP contribution in [-0.2, 0) is 13.0 Å². The number of benzene rings is 2. The Bertz CT molecular complexity index is 1400. The number of ether oxygens (including phenoxy) is 2. The molecule has 5 rings (SSSR count). The molecule has 0 amide bonds. The number of methoxy groups -OCH3 is 1. The number of aromatic nitrogens is 4. The van der Waals surface area contributed by atoms with Crippen molar-refractivity contribution in [2.24, 2.45) is 0 Å². The van der Waals surface area contributed by atoms with Crippen LogP contribution < -0.4 is 9.47 Å². The zero-order chi connectivity index (χ0) is 21.4. The van der Waals surface area contributed by atoms with E-state index in [1.807, 2.05) is 24.4 Å². The first-order valence-electron chi connectivity index (χ1n) is 9.65. The number of nitrogens with zero attached hydrogens (tertiary/aromatic N) is 2. The Balaban J connectivity index is 1.38. The number of fused-ring (bicyclic) bond motifs is 2. The van der Waals surface area contributed by atoms with Crippen molar-refractivity contribution < 1.29 is 13.9 Å². The summed E-state index contributed by atoms with van der Waals surface area (Å²) in [5, 5.41) is 1.58. The number of H-pyrrole nitrogens is 2. The van der Waals surface area contributed by atoms with Crippen molar-refractivity contribution in [3.63, 3.8) is 0 Å². The van der Waals surface area contributed by atoms with Crippen molar-refractivity contribution in [3.8, 4) is 11.5 Å². The van der Waals surface area contributed by atoms with Crippen molar-refractivity contribution in [2.75, 3.05) is 7.11 Å². The van der Waals surface area contributed by atoms with Crippen LogP contribution in [0.15, 0.2) is 54.9 Å². The molecule has 2 aromatic carbocycles. The summed E-state index contributed by atoms with van der Waals surface area (Å²) in [6.45, 7) is 0.134. The third kappa shape index (κ3) is 3.80. The van der Waals surface area contributed by atoms with E-state index in [-0.39, 0.29) is 12.4 Å². The van der Waals surface area contributed by atoms with Gasteiger partial charge in [0.15, 0.2) is 11.5 Å². The van der Waals surface area contributed by atoms with Gasteiger partial charge < -0.3 is 19.4 Å². The van der Waals surface area contributed by atoms with E-state index >= 15 is 0 Å². The fourth-order valence-electron chi connectivity index (χ4n) is 3.60. The van der Waals surface area contributed by atoms with E-state index in [9.17, 15) is 4.39 Å². The predicted molar refractivity (Wildman–Crippen MR) is 117 cm³/mol. The largest absolute Gasteiger partial charge is 0.493 e. The second kappa shape index (κ2) is 7.92. The summed E-state index contributed by atoms with van der Waals surface area (Å²) < 4.78 is 26.2. The maximum Gasteiger partial charge on any atom is 0.164 e. The van der Waals surface area contributed by atoms with Gasteiger partial charge in [0, 0.05) is 35.3 Å². The van der Waals surface area contributed by atoms with E-state index < -0.39 is 0 Å². The summed E-state index contributed by atoms with van der Waals surface area (Å²) in [6.07, 6.45) is 3.97. The molecule has 0 spiro atoms. The molecule has 156 valence electrons. The molecule has 0 aliphatic heterocycles. The van der Waals surface area contributed by atoms with E-state index in [1.165, 1.54) is 13.2 Å². The summed E-state index contributed by atoms with van der Waals surface area (Å²) in [4.78, 5) is 15.0. The molecule has 6 nitrogen and oxygen atoms in total. The summed E-state index contributed by atoms with van der Waals surface area (Å²) in [6, 6.07) is 12.2. The predicted octanol–water partition coefficient (Wildman–Crippen LogP) is 5.41. The van der Waals surface area contributed by atoms with Crippen molar-refractivity contribution in [1.82, 2.24) is 19.9 Å². The third-order valence-corrected chi connectivity index (χ3v) is 5.34. The molecule has 5 aromatic rings. The van der Waals surface area contributed by atoms with Gasteiger partial charge in [-0.15, -0.1) is 0 Å². The third-order valence-electron chi connectivity index (χ3n) is 5.11. The molecule has 2 N–H and O–H groups in total. The van der Waals surface area contributed by atoms with Crippen LogP contribution in [0, 0.1) is 5.82 Å². The standard InChI is InChI=1S/C23H18ClFN4O2/c1-30-20-8-13(7-14-11-27-23-16(14)3-2-6-26-23)17(25)10-21(20)31-12-22-28-18-5-4-15(24)9-19(18)29-22/h2-6,8-11H,7,12H2,1H3,(H,26,27)(H,28,29). The van der Waals surface area contributed by atoms with Crippen molar-refractivity contribution >= 4 is 33.7 Å². The Morgan fingerprint density at radius 2 is 2.00 bits per heavy atom. The zero-order valence-electron chi connectivity index (χ0n) is 16.6. The summed E-state index contributed by atoms with van der Waals surface area (Å²) >= 11 is 6.01. The molecule has 0 atom stereocenters. The first-order chi connectivity index (χ1) is 15.1. The Labute approximate surface area is 182 Å². The number of pyridine rings is 1. The highest BCUT2D eigenvalue weighted by molar-refractivity contribution is 6.31. The quantitative estimate of drug-likeness (QED) is 0.373. The molecular formula is C23H18ClFN4O2. The minimum Gasteiger partial charge on any atom is -0.493 e. The average molecular weight is 437 g/mol. The number of halogens is 2. The van der Waals surface area contributed by atoms with Crippen LogP contribution in [0.1, 0.15) is 17.0 Å². The van der Waals surface area contributed by atoms with E-state index in [2.05, 4.69) is 19.9 Å². The van der Waals surface area contributed by atoms with Crippen LogP contribution >= 0.6 is 11.6 Å². The number of hydrogen-bond acceptors (Lipinski definition) is 4. The van der Waals surface area contributed by atoms with Crippen LogP contribution in [0.4, 0.5) is 4.39 Å². The van der Waals surface area contributed by atoms with E-state index in [0.717, 1.165) is 27.6 Å². The normalized spacial score (nSPS) is 11.3. The highest BCUT2D eigenvalue weighted by Crippen LogP contribution is 2.32. The van der Waals surface area contributed by atoms with Crippen molar-refractivity contribution in [1.29, 1.82) is 0 Å². The first kappa shape index (κ1) is 19.4. The van der Waals surface area contributed by atoms with Crippen LogP contribution in [0.5, 0.6) is 11.5 Å². The topological polar surface area (TPSA) is 75.8 Å². The Hall–Kier alpha value is -3.58. The molecule has 0 aliphatic rings. The zero-order valence-corrected chi connectivity index (χ0v) is 17.3. The van der Waals surface area contributed by atoms with E-state index in [4.69, 9.17) is 21.1 Å². The number of rotatable bonds is 6. The van der Waals surface area contributed by atoms with Crippen molar-refractivity contribution in [3.05, 3.63) is 82.6 Å². The Morgan fingerprint density at radius 3 is 2.87 bits per heavy atom. The maximum absolute atomic E-state index is 14.9. The van der Waals surface area contributed by atoms with Gasteiger partial charge in [-0.05, 0) is 47.5 Å². The molecule has 0 bridgehead atoms. The van der Waals surface area contributed by atoms with Gasteiger partial charge in [-0.2, -0.15) is 0 Å². The second-order valence-corrected chi connectivity index (χ2v) is 7.55. The molecule has 3 heterocycles. The molecule has 0 radical (unpaired) electrons. The summed E-state index contributed by atoms with van der Waals surface area (Å²) in [7, 11) is 1.53. The van der Waals surface area contributed by atoms with Gasteiger partial charge in [-0.3, -0.25) is 0 Å². The fraction of sp³-hybridized carbons (Fsp3) is 0.130. The molecule has 0 fully saturated rings. The maximum atomic E-state index is 14.9. The molecule has 0 saturated heterocycles. The Kier molecular flexibility index (Phi) is 4.95. The molecule has 31 heavy (non-hydrogen) atoms. The van der Waals surface area contributed by atoms with Crippen LogP contribution in [0.25, 0.3) is 22.1 Å². The van der Waals surface area contributed by atoms with Gasteiger partial charge in [-0.25, -0.2) is 14.4 Å². The average Bonchev–Trinajstić information content (AvgIpc) is 3.37. The molecule has 8 heteroatoms. The lowest BCUT2D eigenvalue weighted by Crippen LogP contribution is -2.02. The van der Waals surface area contributed by atoms with Gasteiger partial charge in [0.2, 0.25) is 0 Å². The second-order valence-electron chi connectivity index (χ2n) is 7.12. The molecule has 3 aromatic heterocycles.